The maximum atomic E-state index is 14.8. The zero-order valence-electron chi connectivity index (χ0n) is 18.7. The number of hydrogen-bond donors (Lipinski definition) is 2. The van der Waals surface area contributed by atoms with E-state index in [-0.39, 0.29) is 32.0 Å². The van der Waals surface area contributed by atoms with Crippen LogP contribution < -0.4 is 10.2 Å². The second-order valence-electron chi connectivity index (χ2n) is 9.25. The van der Waals surface area contributed by atoms with Crippen molar-refractivity contribution in [3.63, 3.8) is 0 Å². The first-order chi connectivity index (χ1) is 17.2. The highest BCUT2D eigenvalue weighted by Crippen LogP contribution is 2.61. The molecule has 2 saturated heterocycles. The number of amides is 2. The van der Waals surface area contributed by atoms with Crippen molar-refractivity contribution >= 4 is 75.6 Å². The number of benzene rings is 2. The predicted molar refractivity (Wildman–Crippen MR) is 131 cm³/mol. The van der Waals surface area contributed by atoms with Crippen LogP contribution in [0.15, 0.2) is 24.3 Å². The SMILES string of the molecule is CN(C(=O)[C@H]1[C@H]2CC(F)(F)CN2C2(C(=O)Nc3c(Cl)cc(Cl)cc32)[C@H]1C(=O)O)c1cc(Cl)cc(Cl)c1F. The largest absolute Gasteiger partial charge is 0.481 e. The molecule has 3 aliphatic heterocycles. The van der Waals surface area contributed by atoms with E-state index in [1.165, 1.54) is 12.1 Å². The van der Waals surface area contributed by atoms with Gasteiger partial charge in [0.25, 0.3) is 11.8 Å². The molecule has 0 radical (unpaired) electrons. The number of nitrogens with zero attached hydrogens (tertiary/aromatic N) is 2. The van der Waals surface area contributed by atoms with Gasteiger partial charge in [0.05, 0.1) is 33.9 Å². The van der Waals surface area contributed by atoms with Crippen LogP contribution in [-0.4, -0.2) is 53.3 Å². The third kappa shape index (κ3) is 3.71. The van der Waals surface area contributed by atoms with Gasteiger partial charge < -0.3 is 15.3 Å². The summed E-state index contributed by atoms with van der Waals surface area (Å²) in [6.45, 7) is -0.997. The summed E-state index contributed by atoms with van der Waals surface area (Å²) in [5.41, 5.74) is -2.62. The smallest absolute Gasteiger partial charge is 0.310 e. The van der Waals surface area contributed by atoms with Crippen LogP contribution in [0.3, 0.4) is 0 Å². The molecule has 196 valence electrons. The zero-order valence-corrected chi connectivity index (χ0v) is 21.7. The highest BCUT2D eigenvalue weighted by molar-refractivity contribution is 6.38. The van der Waals surface area contributed by atoms with Gasteiger partial charge in [-0.1, -0.05) is 46.4 Å². The lowest BCUT2D eigenvalue weighted by molar-refractivity contribution is -0.153. The molecule has 0 aliphatic carbocycles. The average Bonchev–Trinajstić information content (AvgIpc) is 3.36. The summed E-state index contributed by atoms with van der Waals surface area (Å²) < 4.78 is 44.5. The molecule has 1 unspecified atom stereocenters. The third-order valence-electron chi connectivity index (χ3n) is 7.25. The number of halogens is 7. The number of fused-ring (bicyclic) bond motifs is 4. The van der Waals surface area contributed by atoms with E-state index in [9.17, 15) is 32.7 Å². The number of carboxylic acid groups (broad SMARTS) is 1. The summed E-state index contributed by atoms with van der Waals surface area (Å²) in [7, 11) is 1.14. The molecule has 0 aromatic heterocycles. The van der Waals surface area contributed by atoms with Crippen molar-refractivity contribution in [2.24, 2.45) is 11.8 Å². The number of carbonyl (C=O) groups is 3. The van der Waals surface area contributed by atoms with Crippen LogP contribution in [0.1, 0.15) is 12.0 Å². The number of carbonyl (C=O) groups excluding carboxylic acids is 2. The maximum absolute atomic E-state index is 14.8. The van der Waals surface area contributed by atoms with E-state index in [1.54, 1.807) is 0 Å². The van der Waals surface area contributed by atoms with E-state index < -0.39 is 70.9 Å². The fourth-order valence-corrected chi connectivity index (χ4v) is 6.93. The Labute approximate surface area is 228 Å². The lowest BCUT2D eigenvalue weighted by Gasteiger charge is -2.36. The minimum absolute atomic E-state index is 0.0128. The summed E-state index contributed by atoms with van der Waals surface area (Å²) in [6, 6.07) is 3.40. The van der Waals surface area contributed by atoms with Crippen LogP contribution in [0, 0.1) is 17.7 Å². The summed E-state index contributed by atoms with van der Waals surface area (Å²) in [5.74, 6) is -11.4. The van der Waals surface area contributed by atoms with E-state index in [0.29, 0.717) is 0 Å². The van der Waals surface area contributed by atoms with Gasteiger partial charge in [-0.15, -0.1) is 0 Å². The van der Waals surface area contributed by atoms with Gasteiger partial charge in [0.2, 0.25) is 5.91 Å². The summed E-state index contributed by atoms with van der Waals surface area (Å²) in [4.78, 5) is 42.0. The molecule has 3 aliphatic rings. The quantitative estimate of drug-likeness (QED) is 0.470. The topological polar surface area (TPSA) is 90.0 Å². The van der Waals surface area contributed by atoms with Crippen LogP contribution >= 0.6 is 46.4 Å². The average molecular weight is 597 g/mol. The molecule has 2 aromatic rings. The number of nitrogens with one attached hydrogen (secondary N) is 1. The second-order valence-corrected chi connectivity index (χ2v) is 10.9. The van der Waals surface area contributed by atoms with Crippen LogP contribution in [0.5, 0.6) is 0 Å². The van der Waals surface area contributed by atoms with Gasteiger partial charge in [-0.3, -0.25) is 19.3 Å². The Hall–Kier alpha value is -2.24. The molecule has 0 saturated carbocycles. The van der Waals surface area contributed by atoms with Crippen molar-refractivity contribution in [1.29, 1.82) is 0 Å². The molecule has 37 heavy (non-hydrogen) atoms. The Kier molecular flexibility index (Phi) is 6.16. The van der Waals surface area contributed by atoms with Crippen LogP contribution in [0.2, 0.25) is 20.1 Å². The molecule has 14 heteroatoms. The fraction of sp³-hybridized carbons (Fsp3) is 0.348. The molecule has 4 atom stereocenters. The molecule has 0 bridgehead atoms. The first-order valence-electron chi connectivity index (χ1n) is 10.8. The summed E-state index contributed by atoms with van der Waals surface area (Å²) in [6.07, 6.45) is -0.904. The second kappa shape index (κ2) is 8.64. The number of alkyl halides is 2. The molecule has 1 spiro atoms. The molecule has 2 amide bonds. The van der Waals surface area contributed by atoms with E-state index in [2.05, 4.69) is 5.32 Å². The summed E-state index contributed by atoms with van der Waals surface area (Å²) in [5, 5.41) is 12.5. The minimum atomic E-state index is -3.35. The van der Waals surface area contributed by atoms with E-state index >= 15 is 0 Å². The summed E-state index contributed by atoms with van der Waals surface area (Å²) >= 11 is 24.2. The Morgan fingerprint density at radius 1 is 1.11 bits per heavy atom. The van der Waals surface area contributed by atoms with E-state index in [0.717, 1.165) is 29.0 Å². The van der Waals surface area contributed by atoms with Gasteiger partial charge in [0, 0.05) is 35.1 Å². The van der Waals surface area contributed by atoms with Crippen LogP contribution in [0.25, 0.3) is 0 Å². The Morgan fingerprint density at radius 2 is 1.73 bits per heavy atom. The normalized spacial score (nSPS) is 27.8. The van der Waals surface area contributed by atoms with Gasteiger partial charge in [-0.25, -0.2) is 13.2 Å². The number of aliphatic carboxylic acids is 1. The van der Waals surface area contributed by atoms with Gasteiger partial charge in [0.15, 0.2) is 5.82 Å². The van der Waals surface area contributed by atoms with Crippen LogP contribution in [-0.2, 0) is 19.9 Å². The van der Waals surface area contributed by atoms with Gasteiger partial charge in [-0.2, -0.15) is 0 Å². The monoisotopic (exact) mass is 595 g/mol. The molecular weight excluding hydrogens is 581 g/mol. The first-order valence-corrected chi connectivity index (χ1v) is 12.3. The van der Waals surface area contributed by atoms with E-state index in [1.807, 2.05) is 0 Å². The lowest BCUT2D eigenvalue weighted by atomic mass is 9.73. The Morgan fingerprint density at radius 3 is 2.38 bits per heavy atom. The molecule has 2 fully saturated rings. The fourth-order valence-electron chi connectivity index (χ4n) is 5.91. The molecule has 3 heterocycles. The molecular formula is C23H16Cl4F3N3O4. The van der Waals surface area contributed by atoms with Crippen LogP contribution in [0.4, 0.5) is 24.5 Å². The van der Waals surface area contributed by atoms with Gasteiger partial charge in [-0.05, 0) is 24.3 Å². The zero-order chi connectivity index (χ0) is 27.2. The first kappa shape index (κ1) is 26.4. The molecule has 5 rings (SSSR count). The lowest BCUT2D eigenvalue weighted by Crippen LogP contribution is -2.54. The Balaban J connectivity index is 1.72. The van der Waals surface area contributed by atoms with Crippen molar-refractivity contribution in [2.45, 2.75) is 23.9 Å². The Bertz CT molecular complexity index is 1390. The van der Waals surface area contributed by atoms with Crippen molar-refractivity contribution in [3.8, 4) is 0 Å². The molecule has 2 N–H and O–H groups in total. The number of rotatable bonds is 3. The minimum Gasteiger partial charge on any atom is -0.481 e. The van der Waals surface area contributed by atoms with Crippen molar-refractivity contribution in [3.05, 3.63) is 55.7 Å². The predicted octanol–water partition coefficient (Wildman–Crippen LogP) is 5.29. The maximum Gasteiger partial charge on any atom is 0.310 e. The third-order valence-corrected chi connectivity index (χ3v) is 8.26. The van der Waals surface area contributed by atoms with Gasteiger partial charge >= 0.3 is 5.97 Å². The van der Waals surface area contributed by atoms with Gasteiger partial charge in [0.1, 0.15) is 11.5 Å². The number of carboxylic acids is 1. The number of hydrogen-bond acceptors (Lipinski definition) is 4. The molecule has 2 aromatic carbocycles. The van der Waals surface area contributed by atoms with Crippen molar-refractivity contribution in [2.75, 3.05) is 23.8 Å². The highest BCUT2D eigenvalue weighted by Gasteiger charge is 2.74. The number of anilines is 2. The molecule has 7 nitrogen and oxygen atoms in total. The standard InChI is InChI=1S/C23H16Cl4F3N3O4/c1-32(13-5-9(25)3-11(26)17(13)28)19(34)15-14-6-22(29,30)7-33(14)23(16(15)20(35)36)10-2-8(24)4-12(27)18(10)31-21(23)37/h2-5,14-16H,6-7H2,1H3,(H,31,37)(H,35,36)/t14-,15+,16-,23?/m1/s1. The van der Waals surface area contributed by atoms with E-state index in [4.69, 9.17) is 46.4 Å². The highest BCUT2D eigenvalue weighted by atomic mass is 35.5. The van der Waals surface area contributed by atoms with Crippen molar-refractivity contribution in [1.82, 2.24) is 4.90 Å². The van der Waals surface area contributed by atoms with Crippen molar-refractivity contribution < 1.29 is 32.7 Å².